The molecule has 0 aliphatic heterocycles. The Morgan fingerprint density at radius 2 is 2.40 bits per heavy atom. The van der Waals surface area contributed by atoms with Crippen molar-refractivity contribution in [3.8, 4) is 0 Å². The zero-order valence-electron chi connectivity index (χ0n) is 8.78. The summed E-state index contributed by atoms with van der Waals surface area (Å²) in [6, 6.07) is 0. The first-order chi connectivity index (χ1) is 6.93. The van der Waals surface area contributed by atoms with Gasteiger partial charge in [-0.25, -0.2) is 9.78 Å². The van der Waals surface area contributed by atoms with Crippen molar-refractivity contribution < 1.29 is 9.90 Å². The molecular weight excluding hydrogens is 212 g/mol. The molecule has 0 aliphatic carbocycles. The number of hydrogen-bond acceptors (Lipinski definition) is 4. The van der Waals surface area contributed by atoms with Crippen LogP contribution in [0.3, 0.4) is 0 Å². The fourth-order valence-electron chi connectivity index (χ4n) is 1.01. The number of carboxylic acids is 1. The number of thiazole rings is 1. The molecule has 82 valence electrons. The summed E-state index contributed by atoms with van der Waals surface area (Å²) in [6.07, 6.45) is 1.73. The van der Waals surface area contributed by atoms with E-state index >= 15 is 0 Å². The fraction of sp³-hybridized carbons (Fsp3) is 0.400. The summed E-state index contributed by atoms with van der Waals surface area (Å²) in [5.74, 6) is -0.975. The van der Waals surface area contributed by atoms with E-state index in [4.69, 9.17) is 5.11 Å². The predicted molar refractivity (Wildman–Crippen MR) is 59.9 cm³/mol. The molecule has 0 unspecified atom stereocenters. The van der Waals surface area contributed by atoms with Crippen LogP contribution in [0.25, 0.3) is 0 Å². The lowest BCUT2D eigenvalue weighted by molar-refractivity contribution is -0.132. The Morgan fingerprint density at radius 3 is 2.87 bits per heavy atom. The van der Waals surface area contributed by atoms with Crippen LogP contribution in [-0.2, 0) is 10.3 Å². The molecule has 0 aromatic carbocycles. The van der Waals surface area contributed by atoms with Gasteiger partial charge in [0.1, 0.15) is 5.01 Å². The van der Waals surface area contributed by atoms with Gasteiger partial charge in [0.2, 0.25) is 0 Å². The van der Waals surface area contributed by atoms with E-state index < -0.39 is 5.97 Å². The Hall–Kier alpha value is -1.20. The highest BCUT2D eigenvalue weighted by molar-refractivity contribution is 7.09. The molecule has 0 radical (unpaired) electrons. The van der Waals surface area contributed by atoms with E-state index in [1.54, 1.807) is 6.20 Å². The smallest absolute Gasteiger partial charge is 0.332 e. The molecular formula is C10H14N2O2S. The van der Waals surface area contributed by atoms with Crippen LogP contribution in [0.15, 0.2) is 23.7 Å². The average molecular weight is 226 g/mol. The number of nitrogens with zero attached hydrogens (tertiary/aromatic N) is 1. The van der Waals surface area contributed by atoms with Crippen LogP contribution in [0.4, 0.5) is 0 Å². The molecule has 0 atom stereocenters. The summed E-state index contributed by atoms with van der Waals surface area (Å²) in [6.45, 7) is 7.63. The summed E-state index contributed by atoms with van der Waals surface area (Å²) < 4.78 is 0. The SMILES string of the molecule is C=C(CNC(C)(C)c1nccs1)C(=O)O. The van der Waals surface area contributed by atoms with Crippen LogP contribution >= 0.6 is 11.3 Å². The molecule has 0 saturated heterocycles. The topological polar surface area (TPSA) is 62.2 Å². The lowest BCUT2D eigenvalue weighted by Gasteiger charge is -2.23. The molecule has 15 heavy (non-hydrogen) atoms. The van der Waals surface area contributed by atoms with E-state index in [0.29, 0.717) is 0 Å². The maximum atomic E-state index is 10.6. The molecule has 4 nitrogen and oxygen atoms in total. The summed E-state index contributed by atoms with van der Waals surface area (Å²) in [5.41, 5.74) is -0.174. The summed E-state index contributed by atoms with van der Waals surface area (Å²) in [7, 11) is 0. The van der Waals surface area contributed by atoms with Gasteiger partial charge in [0.05, 0.1) is 5.54 Å². The molecule has 1 aromatic rings. The van der Waals surface area contributed by atoms with Crippen molar-refractivity contribution in [3.63, 3.8) is 0 Å². The number of hydrogen-bond donors (Lipinski definition) is 2. The predicted octanol–water partition coefficient (Wildman–Crippen LogP) is 1.61. The summed E-state index contributed by atoms with van der Waals surface area (Å²) in [5, 5.41) is 14.6. The first-order valence-electron chi connectivity index (χ1n) is 4.49. The lowest BCUT2D eigenvalue weighted by Crippen LogP contribution is -2.38. The number of carboxylic acid groups (broad SMARTS) is 1. The van der Waals surface area contributed by atoms with Crippen LogP contribution in [0, 0.1) is 0 Å². The van der Waals surface area contributed by atoms with Crippen LogP contribution in [-0.4, -0.2) is 22.6 Å². The highest BCUT2D eigenvalue weighted by atomic mass is 32.1. The quantitative estimate of drug-likeness (QED) is 0.749. The van der Waals surface area contributed by atoms with Gasteiger partial charge in [0.25, 0.3) is 0 Å². The van der Waals surface area contributed by atoms with E-state index in [0.717, 1.165) is 5.01 Å². The van der Waals surface area contributed by atoms with Crippen molar-refractivity contribution in [2.24, 2.45) is 0 Å². The highest BCUT2D eigenvalue weighted by Crippen LogP contribution is 2.21. The van der Waals surface area contributed by atoms with Gasteiger partial charge in [0.15, 0.2) is 0 Å². The van der Waals surface area contributed by atoms with Gasteiger partial charge in [-0.2, -0.15) is 0 Å². The minimum absolute atomic E-state index is 0.152. The van der Waals surface area contributed by atoms with Crippen molar-refractivity contribution in [1.82, 2.24) is 10.3 Å². The Morgan fingerprint density at radius 1 is 1.73 bits per heavy atom. The van der Waals surface area contributed by atoms with Gasteiger partial charge in [-0.3, -0.25) is 0 Å². The molecule has 0 aliphatic rings. The van der Waals surface area contributed by atoms with Crippen molar-refractivity contribution in [2.75, 3.05) is 6.54 Å². The number of nitrogens with one attached hydrogen (secondary N) is 1. The number of carbonyl (C=O) groups is 1. The second-order valence-electron chi connectivity index (χ2n) is 3.72. The third-order valence-corrected chi connectivity index (χ3v) is 3.11. The molecule has 2 N–H and O–H groups in total. The Balaban J connectivity index is 2.58. The number of aliphatic carboxylic acids is 1. The molecule has 1 heterocycles. The molecule has 0 fully saturated rings. The van der Waals surface area contributed by atoms with E-state index in [9.17, 15) is 4.79 Å². The highest BCUT2D eigenvalue weighted by Gasteiger charge is 2.23. The minimum Gasteiger partial charge on any atom is -0.478 e. The Labute approximate surface area is 92.7 Å². The summed E-state index contributed by atoms with van der Waals surface area (Å²) >= 11 is 1.54. The van der Waals surface area contributed by atoms with Gasteiger partial charge in [0, 0.05) is 23.7 Å². The van der Waals surface area contributed by atoms with Crippen LogP contribution in [0.2, 0.25) is 0 Å². The summed E-state index contributed by atoms with van der Waals surface area (Å²) in [4.78, 5) is 14.7. The molecule has 0 spiro atoms. The largest absolute Gasteiger partial charge is 0.478 e. The molecule has 0 bridgehead atoms. The van der Waals surface area contributed by atoms with Crippen molar-refractivity contribution >= 4 is 17.3 Å². The van der Waals surface area contributed by atoms with Crippen LogP contribution in [0.5, 0.6) is 0 Å². The maximum Gasteiger partial charge on any atom is 0.332 e. The molecule has 5 heteroatoms. The van der Waals surface area contributed by atoms with E-state index in [-0.39, 0.29) is 17.7 Å². The monoisotopic (exact) mass is 226 g/mol. The average Bonchev–Trinajstić information content (AvgIpc) is 2.67. The van der Waals surface area contributed by atoms with Crippen LogP contribution < -0.4 is 5.32 Å². The molecule has 0 saturated carbocycles. The molecule has 1 aromatic heterocycles. The second kappa shape index (κ2) is 4.55. The third-order valence-electron chi connectivity index (χ3n) is 2.01. The normalized spacial score (nSPS) is 11.3. The fourth-order valence-corrected chi connectivity index (χ4v) is 1.75. The van der Waals surface area contributed by atoms with Gasteiger partial charge < -0.3 is 10.4 Å². The van der Waals surface area contributed by atoms with Gasteiger partial charge >= 0.3 is 5.97 Å². The van der Waals surface area contributed by atoms with Crippen molar-refractivity contribution in [3.05, 3.63) is 28.7 Å². The maximum absolute atomic E-state index is 10.6. The minimum atomic E-state index is -0.975. The standard InChI is InChI=1S/C10H14N2O2S/c1-7(8(13)14)6-12-10(2,3)9-11-4-5-15-9/h4-5,12H,1,6H2,2-3H3,(H,13,14). The van der Waals surface area contributed by atoms with Crippen molar-refractivity contribution in [1.29, 1.82) is 0 Å². The lowest BCUT2D eigenvalue weighted by atomic mass is 10.1. The van der Waals surface area contributed by atoms with Crippen molar-refractivity contribution in [2.45, 2.75) is 19.4 Å². The van der Waals surface area contributed by atoms with E-state index in [2.05, 4.69) is 16.9 Å². The zero-order chi connectivity index (χ0) is 11.5. The second-order valence-corrected chi connectivity index (χ2v) is 4.62. The zero-order valence-corrected chi connectivity index (χ0v) is 9.60. The number of aromatic nitrogens is 1. The Kier molecular flexibility index (Phi) is 3.60. The number of rotatable bonds is 5. The molecule has 1 rings (SSSR count). The van der Waals surface area contributed by atoms with E-state index in [1.165, 1.54) is 11.3 Å². The van der Waals surface area contributed by atoms with Gasteiger partial charge in [-0.15, -0.1) is 11.3 Å². The first-order valence-corrected chi connectivity index (χ1v) is 5.37. The molecule has 0 amide bonds. The van der Waals surface area contributed by atoms with Gasteiger partial charge in [-0.1, -0.05) is 6.58 Å². The van der Waals surface area contributed by atoms with Gasteiger partial charge in [-0.05, 0) is 13.8 Å². The Bertz CT molecular complexity index is 358. The first kappa shape index (κ1) is 11.9. The third kappa shape index (κ3) is 3.14. The van der Waals surface area contributed by atoms with Crippen LogP contribution in [0.1, 0.15) is 18.9 Å². The van der Waals surface area contributed by atoms with E-state index in [1.807, 2.05) is 19.2 Å².